The van der Waals surface area contributed by atoms with E-state index in [1.165, 1.54) is 27.8 Å². The summed E-state index contributed by atoms with van der Waals surface area (Å²) in [6, 6.07) is 2.38. The van der Waals surface area contributed by atoms with Gasteiger partial charge in [-0.05, 0) is 49.6 Å². The second-order valence-electron chi connectivity index (χ2n) is 6.88. The van der Waals surface area contributed by atoms with Gasteiger partial charge in [-0.1, -0.05) is 0 Å². The molecule has 0 atom stereocenters. The summed E-state index contributed by atoms with van der Waals surface area (Å²) in [6.07, 6.45) is 9.24. The molecule has 3 aromatic rings. The van der Waals surface area contributed by atoms with E-state index in [1.807, 2.05) is 29.2 Å². The Morgan fingerprint density at radius 1 is 1.35 bits per heavy atom. The van der Waals surface area contributed by atoms with Gasteiger partial charge in [0.15, 0.2) is 0 Å². The Labute approximate surface area is 154 Å². The van der Waals surface area contributed by atoms with Crippen molar-refractivity contribution < 1.29 is 4.79 Å². The van der Waals surface area contributed by atoms with Crippen molar-refractivity contribution in [3.8, 4) is 0 Å². The number of rotatable bonds is 4. The van der Waals surface area contributed by atoms with Crippen LogP contribution in [0, 0.1) is 6.92 Å². The fourth-order valence-corrected chi connectivity index (χ4v) is 4.33. The molecule has 0 saturated heterocycles. The van der Waals surface area contributed by atoms with Gasteiger partial charge >= 0.3 is 0 Å². The largest absolute Gasteiger partial charge is 0.352 e. The van der Waals surface area contributed by atoms with Crippen molar-refractivity contribution >= 4 is 27.5 Å². The minimum absolute atomic E-state index is 0.0119. The van der Waals surface area contributed by atoms with Crippen LogP contribution in [0.25, 0.3) is 10.2 Å². The summed E-state index contributed by atoms with van der Waals surface area (Å²) in [6.45, 7) is 2.05. The molecule has 0 bridgehead atoms. The molecular weight excluding hydrogens is 350 g/mol. The van der Waals surface area contributed by atoms with E-state index >= 15 is 0 Å². The van der Waals surface area contributed by atoms with E-state index in [2.05, 4.69) is 21.6 Å². The van der Waals surface area contributed by atoms with Gasteiger partial charge in [0, 0.05) is 12.2 Å². The summed E-state index contributed by atoms with van der Waals surface area (Å²) in [5, 5.41) is 9.29. The fraction of sp³-hybridized carbons (Fsp3) is 0.444. The molecule has 0 radical (unpaired) electrons. The molecular formula is C18H21N5O2S. The molecule has 0 aromatic carbocycles. The van der Waals surface area contributed by atoms with Crippen molar-refractivity contribution in [3.05, 3.63) is 46.1 Å². The highest BCUT2D eigenvalue weighted by Gasteiger charge is 2.24. The molecule has 4 rings (SSSR count). The number of nitrogens with zero attached hydrogens (tertiary/aromatic N) is 4. The summed E-state index contributed by atoms with van der Waals surface area (Å²) < 4.78 is 4.01. The normalized spacial score (nSPS) is 20.3. The molecule has 1 aliphatic rings. The lowest BCUT2D eigenvalue weighted by atomic mass is 9.91. The lowest BCUT2D eigenvalue weighted by Crippen LogP contribution is -2.41. The Morgan fingerprint density at radius 3 is 2.88 bits per heavy atom. The van der Waals surface area contributed by atoms with Gasteiger partial charge in [-0.2, -0.15) is 5.10 Å². The van der Waals surface area contributed by atoms with Crippen LogP contribution in [0.3, 0.4) is 0 Å². The first kappa shape index (κ1) is 17.0. The van der Waals surface area contributed by atoms with Gasteiger partial charge in [-0.25, -0.2) is 4.98 Å². The molecule has 8 heteroatoms. The van der Waals surface area contributed by atoms with Crippen molar-refractivity contribution in [2.24, 2.45) is 0 Å². The second kappa shape index (κ2) is 7.03. The molecule has 0 spiro atoms. The van der Waals surface area contributed by atoms with E-state index in [0.717, 1.165) is 25.7 Å². The van der Waals surface area contributed by atoms with Crippen molar-refractivity contribution in [1.82, 2.24) is 24.6 Å². The smallest absolute Gasteiger partial charge is 0.271 e. The number of thiophene rings is 1. The molecule has 136 valence electrons. The number of fused-ring (bicyclic) bond motifs is 1. The van der Waals surface area contributed by atoms with Crippen molar-refractivity contribution in [2.45, 2.75) is 51.2 Å². The molecule has 7 nitrogen and oxygen atoms in total. The van der Waals surface area contributed by atoms with Crippen molar-refractivity contribution in [2.75, 3.05) is 0 Å². The fourth-order valence-electron chi connectivity index (χ4n) is 3.54. The number of aryl methyl sites for hydroxylation is 1. The molecule has 0 unspecified atom stereocenters. The summed E-state index contributed by atoms with van der Waals surface area (Å²) in [7, 11) is 0. The van der Waals surface area contributed by atoms with E-state index in [0.29, 0.717) is 16.3 Å². The number of nitrogens with one attached hydrogen (secondary N) is 1. The number of hydrogen-bond acceptors (Lipinski definition) is 5. The zero-order chi connectivity index (χ0) is 18.1. The minimum Gasteiger partial charge on any atom is -0.352 e. The van der Waals surface area contributed by atoms with Crippen LogP contribution < -0.4 is 10.9 Å². The molecule has 3 heterocycles. The highest BCUT2D eigenvalue weighted by Crippen LogP contribution is 2.28. The van der Waals surface area contributed by atoms with Crippen LogP contribution in [-0.4, -0.2) is 31.3 Å². The number of amides is 1. The maximum Gasteiger partial charge on any atom is 0.271 e. The number of hydrogen-bond donors (Lipinski definition) is 1. The first-order valence-corrected chi connectivity index (χ1v) is 9.71. The Balaban J connectivity index is 1.34. The molecule has 3 aromatic heterocycles. The molecule has 1 N–H and O–H groups in total. The van der Waals surface area contributed by atoms with Crippen LogP contribution in [0.4, 0.5) is 0 Å². The third kappa shape index (κ3) is 3.41. The van der Waals surface area contributed by atoms with Gasteiger partial charge in [0.25, 0.3) is 5.56 Å². The standard InChI is InChI=1S/C18H21N5O2S/c1-12-8-20-23(9-12)14-4-2-13(3-5-14)21-16(24)10-22-11-19-15-6-7-26-17(15)18(22)25/h6-9,11,13-14H,2-5,10H2,1H3,(H,21,24). The Bertz CT molecular complexity index is 981. The zero-order valence-electron chi connectivity index (χ0n) is 14.6. The molecule has 1 aliphatic carbocycles. The summed E-state index contributed by atoms with van der Waals surface area (Å²) in [4.78, 5) is 28.9. The van der Waals surface area contributed by atoms with Crippen molar-refractivity contribution in [1.29, 1.82) is 0 Å². The Morgan fingerprint density at radius 2 is 2.15 bits per heavy atom. The quantitative estimate of drug-likeness (QED) is 0.763. The number of aromatic nitrogens is 4. The van der Waals surface area contributed by atoms with Crippen LogP contribution in [-0.2, 0) is 11.3 Å². The SMILES string of the molecule is Cc1cnn(C2CCC(NC(=O)Cn3cnc4ccsc4c3=O)CC2)c1. The van der Waals surface area contributed by atoms with Gasteiger partial charge in [0.05, 0.1) is 24.1 Å². The molecule has 1 amide bonds. The van der Waals surface area contributed by atoms with Crippen molar-refractivity contribution in [3.63, 3.8) is 0 Å². The lowest BCUT2D eigenvalue weighted by molar-refractivity contribution is -0.122. The van der Waals surface area contributed by atoms with E-state index in [-0.39, 0.29) is 24.1 Å². The molecule has 1 saturated carbocycles. The first-order valence-electron chi connectivity index (χ1n) is 8.83. The molecule has 1 fully saturated rings. The molecule has 0 aliphatic heterocycles. The average molecular weight is 371 g/mol. The van der Waals surface area contributed by atoms with Gasteiger partial charge in [-0.3, -0.25) is 18.8 Å². The number of carbonyl (C=O) groups is 1. The third-order valence-electron chi connectivity index (χ3n) is 4.92. The third-order valence-corrected chi connectivity index (χ3v) is 5.81. The zero-order valence-corrected chi connectivity index (χ0v) is 15.4. The van der Waals surface area contributed by atoms with Gasteiger partial charge in [0.1, 0.15) is 11.2 Å². The predicted molar refractivity (Wildman–Crippen MR) is 100 cm³/mol. The minimum atomic E-state index is -0.155. The monoisotopic (exact) mass is 371 g/mol. The second-order valence-corrected chi connectivity index (χ2v) is 7.80. The van der Waals surface area contributed by atoms with Gasteiger partial charge < -0.3 is 5.32 Å². The van der Waals surface area contributed by atoms with E-state index in [4.69, 9.17) is 0 Å². The van der Waals surface area contributed by atoms with E-state index < -0.39 is 0 Å². The highest BCUT2D eigenvalue weighted by molar-refractivity contribution is 7.17. The Hall–Kier alpha value is -2.48. The van der Waals surface area contributed by atoms with Gasteiger partial charge in [-0.15, -0.1) is 11.3 Å². The average Bonchev–Trinajstić information content (AvgIpc) is 3.27. The highest BCUT2D eigenvalue weighted by atomic mass is 32.1. The van der Waals surface area contributed by atoms with Crippen LogP contribution in [0.15, 0.2) is 35.0 Å². The summed E-state index contributed by atoms with van der Waals surface area (Å²) in [5.74, 6) is -0.136. The van der Waals surface area contributed by atoms with E-state index in [1.54, 1.807) is 0 Å². The summed E-state index contributed by atoms with van der Waals surface area (Å²) in [5.41, 5.74) is 1.70. The summed E-state index contributed by atoms with van der Waals surface area (Å²) >= 11 is 1.35. The lowest BCUT2D eigenvalue weighted by Gasteiger charge is -2.29. The predicted octanol–water partition coefficient (Wildman–Crippen LogP) is 2.26. The maximum absolute atomic E-state index is 12.4. The van der Waals surface area contributed by atoms with Crippen LogP contribution in [0.5, 0.6) is 0 Å². The van der Waals surface area contributed by atoms with Gasteiger partial charge in [0.2, 0.25) is 5.91 Å². The molecule has 26 heavy (non-hydrogen) atoms. The van der Waals surface area contributed by atoms with Crippen LogP contribution >= 0.6 is 11.3 Å². The Kier molecular flexibility index (Phi) is 4.58. The van der Waals surface area contributed by atoms with Crippen LogP contribution in [0.1, 0.15) is 37.3 Å². The maximum atomic E-state index is 12.4. The number of carbonyl (C=O) groups excluding carboxylic acids is 1. The topological polar surface area (TPSA) is 81.8 Å². The van der Waals surface area contributed by atoms with Crippen LogP contribution in [0.2, 0.25) is 0 Å². The first-order chi connectivity index (χ1) is 12.6. The van der Waals surface area contributed by atoms with E-state index in [9.17, 15) is 9.59 Å².